The average Bonchev–Trinajstić information content (AvgIpc) is 2.98. The molecule has 15 heteroatoms. The molecule has 1 heterocycles. The number of pyridine rings is 1. The van der Waals surface area contributed by atoms with Crippen molar-refractivity contribution in [3.8, 4) is 23.0 Å². The number of methoxy groups -OCH3 is 2. The van der Waals surface area contributed by atoms with Crippen molar-refractivity contribution in [1.29, 1.82) is 0 Å². The van der Waals surface area contributed by atoms with Crippen LogP contribution in [0.1, 0.15) is 21.5 Å². The molecule has 0 atom stereocenters. The van der Waals surface area contributed by atoms with E-state index in [0.29, 0.717) is 17.4 Å². The molecule has 0 spiro atoms. The summed E-state index contributed by atoms with van der Waals surface area (Å²) in [5, 5.41) is 19.8. The fourth-order valence-electron chi connectivity index (χ4n) is 3.27. The lowest BCUT2D eigenvalue weighted by Gasteiger charge is -2.09. The lowest BCUT2D eigenvalue weighted by Crippen LogP contribution is -2.37. The van der Waals surface area contributed by atoms with Gasteiger partial charge in [0.25, 0.3) is 12.6 Å². The number of primary amides is 1. The van der Waals surface area contributed by atoms with Crippen LogP contribution in [0.4, 0.5) is 4.79 Å². The van der Waals surface area contributed by atoms with Gasteiger partial charge in [-0.15, -0.1) is 0 Å². The Bertz CT molecular complexity index is 1720. The van der Waals surface area contributed by atoms with Gasteiger partial charge >= 0.3 is 6.16 Å². The lowest BCUT2D eigenvalue weighted by atomic mass is 10.1. The molecule has 3 aromatic rings. The summed E-state index contributed by atoms with van der Waals surface area (Å²) in [6.07, 6.45) is 9.27. The number of aromatic nitrogens is 1. The highest BCUT2D eigenvalue weighted by Crippen LogP contribution is 2.29. The normalized spacial score (nSPS) is 11.4. The van der Waals surface area contributed by atoms with Gasteiger partial charge in [-0.2, -0.15) is 4.57 Å². The van der Waals surface area contributed by atoms with Crippen LogP contribution in [0, 0.1) is 0 Å². The minimum Gasteiger partial charge on any atom is -0.748 e. The number of hydrogen-bond donors (Lipinski definition) is 3. The number of carbonyl (C=O) groups is 3. The highest BCUT2D eigenvalue weighted by molar-refractivity contribution is 7.84. The van der Waals surface area contributed by atoms with Crippen LogP contribution in [0.25, 0.3) is 12.2 Å². The van der Waals surface area contributed by atoms with Gasteiger partial charge in [0.2, 0.25) is 0 Å². The van der Waals surface area contributed by atoms with Gasteiger partial charge in [0.05, 0.1) is 24.3 Å². The third-order valence-electron chi connectivity index (χ3n) is 5.24. The Morgan fingerprint density at radius 2 is 1.56 bits per heavy atom. The summed E-state index contributed by atoms with van der Waals surface area (Å²) in [7, 11) is -1.11. The highest BCUT2D eigenvalue weighted by Gasteiger charge is 2.15. The molecule has 0 saturated carbocycles. The van der Waals surface area contributed by atoms with E-state index in [2.05, 4.69) is 0 Å². The number of nitrogens with two attached hydrogens (primary N) is 1. The van der Waals surface area contributed by atoms with E-state index in [9.17, 15) is 24.6 Å². The maximum atomic E-state index is 12.2. The number of nitrogens with zero attached hydrogens (tertiary/aromatic N) is 1. The summed E-state index contributed by atoms with van der Waals surface area (Å²) >= 11 is 0. The third kappa shape index (κ3) is 13.5. The van der Waals surface area contributed by atoms with Gasteiger partial charge in [-0.3, -0.25) is 9.59 Å². The molecule has 4 N–H and O–H groups in total. The van der Waals surface area contributed by atoms with Crippen LogP contribution < -0.4 is 24.5 Å². The van der Waals surface area contributed by atoms with E-state index >= 15 is 0 Å². The summed E-state index contributed by atoms with van der Waals surface area (Å²) in [6, 6.07) is 12.3. The number of benzene rings is 2. The molecule has 14 nitrogen and oxygen atoms in total. The van der Waals surface area contributed by atoms with Crippen molar-refractivity contribution in [1.82, 2.24) is 0 Å². The monoisotopic (exact) mass is 642 g/mol. The molecule has 0 radical (unpaired) electrons. The van der Waals surface area contributed by atoms with Gasteiger partial charge in [0.1, 0.15) is 11.3 Å². The van der Waals surface area contributed by atoms with E-state index < -0.39 is 28.0 Å². The Kier molecular flexibility index (Phi) is 13.3. The third-order valence-corrected chi connectivity index (χ3v) is 5.24. The van der Waals surface area contributed by atoms with Crippen LogP contribution >= 0.6 is 0 Å². The topological polar surface area (TPSA) is 216 Å². The van der Waals surface area contributed by atoms with Crippen molar-refractivity contribution in [2.45, 2.75) is 6.73 Å². The highest BCUT2D eigenvalue weighted by atomic mass is 32.2. The molecule has 1 amide bonds. The number of hydrogen-bond acceptors (Lipinski definition) is 12. The Morgan fingerprint density at radius 3 is 2.18 bits per heavy atom. The number of aromatic hydroxyl groups is 1. The Morgan fingerprint density at radius 1 is 0.956 bits per heavy atom. The van der Waals surface area contributed by atoms with Crippen LogP contribution in [-0.2, 0) is 26.4 Å². The summed E-state index contributed by atoms with van der Waals surface area (Å²) in [5.41, 5.74) is 6.70. The van der Waals surface area contributed by atoms with Crippen molar-refractivity contribution in [2.75, 3.05) is 20.5 Å². The quantitative estimate of drug-likeness (QED) is 0.0523. The van der Waals surface area contributed by atoms with Crippen LogP contribution in [0.2, 0.25) is 0 Å². The molecule has 0 aliphatic rings. The number of ketones is 1. The second-order valence-corrected chi connectivity index (χ2v) is 10.2. The summed E-state index contributed by atoms with van der Waals surface area (Å²) in [6.45, 7) is -0.217. The maximum Gasteiger partial charge on any atom is 0.518 e. The standard InChI is InChI=1S/C29H26N2O9.CH4O3S/c1-37-26-14-19(7-11-24(26)34)5-9-22(32)16-23(33)10-6-20-8-12-25(27(15-20)38-2)40-29(36)39-18-31-13-3-4-21(17-31)28(30)35;1-5(2,3)4/h3-17H,18H2,1-2H3,(H3-,30,32,33,34,35);1H3,(H,2,3,4). The minimum atomic E-state index is -3.92. The van der Waals surface area contributed by atoms with Crippen LogP contribution in [0.3, 0.4) is 0 Å². The molecule has 0 fully saturated rings. The maximum absolute atomic E-state index is 12.2. The zero-order valence-electron chi connectivity index (χ0n) is 24.3. The number of aliphatic hydroxyl groups is 1. The van der Waals surface area contributed by atoms with Crippen LogP contribution in [-0.4, -0.2) is 61.5 Å². The molecule has 0 aliphatic carbocycles. The van der Waals surface area contributed by atoms with Gasteiger partial charge < -0.3 is 39.4 Å². The molecule has 1 aromatic heterocycles. The average molecular weight is 643 g/mol. The minimum absolute atomic E-state index is 0.0201. The molecule has 0 unspecified atom stereocenters. The number of carbonyl (C=O) groups excluding carboxylic acids is 3. The molecule has 0 bridgehead atoms. The predicted molar refractivity (Wildman–Crippen MR) is 159 cm³/mol. The number of phenolic OH excluding ortho intramolecular Hbond substituents is 1. The molecule has 0 aliphatic heterocycles. The number of amides is 1. The van der Waals surface area contributed by atoms with Gasteiger partial charge in [-0.25, -0.2) is 13.2 Å². The van der Waals surface area contributed by atoms with E-state index in [0.717, 1.165) is 6.08 Å². The van der Waals surface area contributed by atoms with Gasteiger partial charge in [0, 0.05) is 18.4 Å². The predicted octanol–water partition coefficient (Wildman–Crippen LogP) is 2.87. The van der Waals surface area contributed by atoms with Crippen LogP contribution in [0.15, 0.2) is 84.9 Å². The first-order valence-corrected chi connectivity index (χ1v) is 14.4. The summed E-state index contributed by atoms with van der Waals surface area (Å²) in [4.78, 5) is 35.6. The Hall–Kier alpha value is -5.67. The van der Waals surface area contributed by atoms with Crippen molar-refractivity contribution in [3.63, 3.8) is 0 Å². The number of rotatable bonds is 11. The molecule has 2 aromatic carbocycles. The first-order chi connectivity index (χ1) is 21.2. The van der Waals surface area contributed by atoms with E-state index in [1.165, 1.54) is 67.5 Å². The van der Waals surface area contributed by atoms with E-state index in [-0.39, 0.29) is 41.1 Å². The van der Waals surface area contributed by atoms with Crippen molar-refractivity contribution >= 4 is 40.1 Å². The largest absolute Gasteiger partial charge is 0.748 e. The molecule has 3 rings (SSSR count). The van der Waals surface area contributed by atoms with Crippen LogP contribution in [0.5, 0.6) is 23.0 Å². The van der Waals surface area contributed by atoms with Gasteiger partial charge in [0.15, 0.2) is 41.2 Å². The first kappa shape index (κ1) is 35.5. The number of ether oxygens (including phenoxy) is 4. The molecular weight excluding hydrogens is 612 g/mol. The molecular formula is C30H30N2O12S. The van der Waals surface area contributed by atoms with E-state index in [1.807, 2.05) is 0 Å². The Labute approximate surface area is 258 Å². The van der Waals surface area contributed by atoms with E-state index in [4.69, 9.17) is 37.7 Å². The number of phenols is 1. The SMILES string of the molecule is COc1cc(C=CC(=O)C=C(O)C=Cc2ccc(OC(=O)OC[n+]3cccc(C(N)=O)c3)c(OC)c2)ccc1O.CS(=O)(=O)[O-]. The number of aliphatic hydroxyl groups excluding tert-OH is 1. The van der Waals surface area contributed by atoms with Gasteiger partial charge in [-0.05, 0) is 53.6 Å². The van der Waals surface area contributed by atoms with Gasteiger partial charge in [-0.1, -0.05) is 24.3 Å². The summed E-state index contributed by atoms with van der Waals surface area (Å²) < 4.78 is 49.2. The van der Waals surface area contributed by atoms with Crippen molar-refractivity contribution < 1.29 is 61.1 Å². The zero-order chi connectivity index (χ0) is 33.6. The summed E-state index contributed by atoms with van der Waals surface area (Å²) in [5.74, 6) is -0.817. The molecule has 238 valence electrons. The lowest BCUT2D eigenvalue weighted by molar-refractivity contribution is -0.727. The zero-order valence-corrected chi connectivity index (χ0v) is 25.1. The van der Waals surface area contributed by atoms with E-state index in [1.54, 1.807) is 36.5 Å². The van der Waals surface area contributed by atoms with Crippen molar-refractivity contribution in [3.05, 3.63) is 102 Å². The molecule has 45 heavy (non-hydrogen) atoms. The second kappa shape index (κ2) is 16.8. The smallest absolute Gasteiger partial charge is 0.518 e. The fraction of sp³-hybridized carbons (Fsp3) is 0.133. The fourth-order valence-corrected chi connectivity index (χ4v) is 3.27. The molecule has 0 saturated heterocycles. The van der Waals surface area contributed by atoms with Crippen molar-refractivity contribution in [2.24, 2.45) is 5.73 Å². The number of allylic oxidation sites excluding steroid dienone is 3. The Balaban J connectivity index is 0.00000130. The second-order valence-electron chi connectivity index (χ2n) is 8.78. The first-order valence-electron chi connectivity index (χ1n) is 12.6.